The van der Waals surface area contributed by atoms with Crippen LogP contribution in [-0.4, -0.2) is 26.9 Å². The highest BCUT2D eigenvalue weighted by molar-refractivity contribution is 5.63. The van der Waals surface area contributed by atoms with Gasteiger partial charge in [0.25, 0.3) is 0 Å². The van der Waals surface area contributed by atoms with Crippen molar-refractivity contribution in [2.75, 3.05) is 7.05 Å². The van der Waals surface area contributed by atoms with E-state index < -0.39 is 0 Å². The van der Waals surface area contributed by atoms with Crippen molar-refractivity contribution in [2.45, 2.75) is 57.5 Å². The lowest BCUT2D eigenvalue weighted by Gasteiger charge is -2.23. The molecule has 4 rings (SSSR count). The van der Waals surface area contributed by atoms with Gasteiger partial charge in [0, 0.05) is 37.0 Å². The Morgan fingerprint density at radius 3 is 2.57 bits per heavy atom. The lowest BCUT2D eigenvalue weighted by atomic mass is 9.84. The van der Waals surface area contributed by atoms with Gasteiger partial charge in [0.15, 0.2) is 0 Å². The van der Waals surface area contributed by atoms with Crippen LogP contribution in [0.4, 0.5) is 0 Å². The van der Waals surface area contributed by atoms with Gasteiger partial charge in [-0.05, 0) is 38.3 Å². The van der Waals surface area contributed by atoms with Crippen molar-refractivity contribution in [3.8, 4) is 11.3 Å². The zero-order valence-electron chi connectivity index (χ0n) is 17.1. The largest absolute Gasteiger partial charge is 0.364 e. The smallest absolute Gasteiger partial charge is 0.124 e. The van der Waals surface area contributed by atoms with E-state index in [0.29, 0.717) is 0 Å². The Balaban J connectivity index is 1.52. The second-order valence-corrected chi connectivity index (χ2v) is 8.15. The molecule has 0 amide bonds. The SMILES string of the molecule is C[C@H](c1ccon1)N(C)Cc1cn(C)nc1-c1ccc(C2CCCCC2)cc1. The highest BCUT2D eigenvalue weighted by Gasteiger charge is 2.19. The van der Waals surface area contributed by atoms with Gasteiger partial charge >= 0.3 is 0 Å². The number of aryl methyl sites for hydroxylation is 1. The molecule has 2 heterocycles. The van der Waals surface area contributed by atoms with Crippen LogP contribution in [0.25, 0.3) is 11.3 Å². The minimum Gasteiger partial charge on any atom is -0.364 e. The van der Waals surface area contributed by atoms with Crippen LogP contribution in [0.3, 0.4) is 0 Å². The molecule has 1 aromatic carbocycles. The number of rotatable bonds is 6. The van der Waals surface area contributed by atoms with Crippen molar-refractivity contribution < 1.29 is 4.52 Å². The van der Waals surface area contributed by atoms with E-state index in [1.54, 1.807) is 6.26 Å². The number of hydrogen-bond acceptors (Lipinski definition) is 4. The van der Waals surface area contributed by atoms with E-state index in [9.17, 15) is 0 Å². The summed E-state index contributed by atoms with van der Waals surface area (Å²) in [5.41, 5.74) is 5.92. The molecule has 0 unspecified atom stereocenters. The van der Waals surface area contributed by atoms with Crippen LogP contribution < -0.4 is 0 Å². The zero-order chi connectivity index (χ0) is 19.5. The predicted molar refractivity (Wildman–Crippen MR) is 111 cm³/mol. The van der Waals surface area contributed by atoms with E-state index in [1.165, 1.54) is 48.8 Å². The molecule has 5 nitrogen and oxygen atoms in total. The molecule has 28 heavy (non-hydrogen) atoms. The standard InChI is InChI=1S/C23H30N4O/c1-17(22-13-14-28-25-22)26(2)15-21-16-27(3)24-23(21)20-11-9-19(10-12-20)18-7-5-4-6-8-18/h9-14,16-18H,4-8,15H2,1-3H3/t17-/m1/s1. The number of aromatic nitrogens is 3. The highest BCUT2D eigenvalue weighted by Crippen LogP contribution is 2.34. The molecule has 3 aromatic rings. The minimum absolute atomic E-state index is 0.181. The quantitative estimate of drug-likeness (QED) is 0.583. The Morgan fingerprint density at radius 1 is 1.14 bits per heavy atom. The molecule has 1 aliphatic carbocycles. The third-order valence-corrected chi connectivity index (χ3v) is 6.13. The summed E-state index contributed by atoms with van der Waals surface area (Å²) in [6.07, 6.45) is 10.5. The van der Waals surface area contributed by atoms with Gasteiger partial charge in [0.05, 0.1) is 11.7 Å². The Bertz CT molecular complexity index is 876. The van der Waals surface area contributed by atoms with Crippen LogP contribution in [0.2, 0.25) is 0 Å². The second kappa shape index (κ2) is 8.31. The zero-order valence-corrected chi connectivity index (χ0v) is 17.1. The molecule has 0 spiro atoms. The molecule has 1 aliphatic rings. The summed E-state index contributed by atoms with van der Waals surface area (Å²) in [6.45, 7) is 2.95. The highest BCUT2D eigenvalue weighted by atomic mass is 16.5. The second-order valence-electron chi connectivity index (χ2n) is 8.15. The lowest BCUT2D eigenvalue weighted by Crippen LogP contribution is -2.22. The van der Waals surface area contributed by atoms with Gasteiger partial charge in [-0.3, -0.25) is 9.58 Å². The summed E-state index contributed by atoms with van der Waals surface area (Å²) in [6, 6.07) is 11.2. The number of nitrogens with zero attached hydrogens (tertiary/aromatic N) is 4. The molecular formula is C23H30N4O. The molecule has 148 valence electrons. The summed E-state index contributed by atoms with van der Waals surface area (Å²) in [5.74, 6) is 0.737. The van der Waals surface area contributed by atoms with E-state index >= 15 is 0 Å². The van der Waals surface area contributed by atoms with Gasteiger partial charge in [-0.1, -0.05) is 48.7 Å². The van der Waals surface area contributed by atoms with Gasteiger partial charge in [0.1, 0.15) is 12.0 Å². The van der Waals surface area contributed by atoms with Gasteiger partial charge in [-0.15, -0.1) is 0 Å². The molecule has 0 bridgehead atoms. The van der Waals surface area contributed by atoms with Crippen molar-refractivity contribution in [2.24, 2.45) is 7.05 Å². The van der Waals surface area contributed by atoms with Crippen LogP contribution in [0, 0.1) is 0 Å². The summed E-state index contributed by atoms with van der Waals surface area (Å²) in [7, 11) is 4.10. The Morgan fingerprint density at radius 2 is 1.89 bits per heavy atom. The van der Waals surface area contributed by atoms with E-state index in [1.807, 2.05) is 17.8 Å². The first-order valence-corrected chi connectivity index (χ1v) is 10.3. The summed E-state index contributed by atoms with van der Waals surface area (Å²) >= 11 is 0. The van der Waals surface area contributed by atoms with Gasteiger partial charge in [-0.2, -0.15) is 5.10 Å². The molecule has 1 fully saturated rings. The summed E-state index contributed by atoms with van der Waals surface area (Å²) < 4.78 is 6.91. The maximum absolute atomic E-state index is 5.00. The Hall–Kier alpha value is -2.40. The van der Waals surface area contributed by atoms with Crippen LogP contribution >= 0.6 is 0 Å². The molecule has 5 heteroatoms. The van der Waals surface area contributed by atoms with Crippen LogP contribution in [0.5, 0.6) is 0 Å². The van der Waals surface area contributed by atoms with Crippen LogP contribution in [-0.2, 0) is 13.6 Å². The van der Waals surface area contributed by atoms with E-state index in [4.69, 9.17) is 9.62 Å². The first-order chi connectivity index (χ1) is 13.6. The maximum Gasteiger partial charge on any atom is 0.124 e. The normalized spacial score (nSPS) is 16.6. The van der Waals surface area contributed by atoms with E-state index in [-0.39, 0.29) is 6.04 Å². The van der Waals surface area contributed by atoms with Gasteiger partial charge < -0.3 is 4.52 Å². The third-order valence-electron chi connectivity index (χ3n) is 6.13. The molecule has 0 N–H and O–H groups in total. The Labute approximate surface area is 167 Å². The fraction of sp³-hybridized carbons (Fsp3) is 0.478. The predicted octanol–water partition coefficient (Wildman–Crippen LogP) is 5.32. The average molecular weight is 379 g/mol. The fourth-order valence-corrected chi connectivity index (χ4v) is 4.31. The maximum atomic E-state index is 5.00. The molecule has 1 saturated carbocycles. The van der Waals surface area contributed by atoms with Crippen molar-refractivity contribution in [3.05, 3.63) is 59.6 Å². The lowest BCUT2D eigenvalue weighted by molar-refractivity contribution is 0.241. The molecular weight excluding hydrogens is 348 g/mol. The van der Waals surface area contributed by atoms with Gasteiger partial charge in [-0.25, -0.2) is 0 Å². The number of benzene rings is 1. The Kier molecular flexibility index (Phi) is 5.62. The van der Waals surface area contributed by atoms with Crippen molar-refractivity contribution in [3.63, 3.8) is 0 Å². The topological polar surface area (TPSA) is 47.1 Å². The van der Waals surface area contributed by atoms with E-state index in [2.05, 4.69) is 54.5 Å². The van der Waals surface area contributed by atoms with Gasteiger partial charge in [0.2, 0.25) is 0 Å². The summed E-state index contributed by atoms with van der Waals surface area (Å²) in [5, 5.41) is 8.84. The average Bonchev–Trinajstić information content (AvgIpc) is 3.38. The van der Waals surface area contributed by atoms with Crippen molar-refractivity contribution in [1.29, 1.82) is 0 Å². The van der Waals surface area contributed by atoms with Crippen LogP contribution in [0.1, 0.15) is 67.8 Å². The minimum atomic E-state index is 0.181. The first kappa shape index (κ1) is 18.9. The number of hydrogen-bond donors (Lipinski definition) is 0. The molecule has 2 aromatic heterocycles. The van der Waals surface area contributed by atoms with E-state index in [0.717, 1.165) is 23.9 Å². The molecule has 0 aliphatic heterocycles. The molecule has 0 radical (unpaired) electrons. The first-order valence-electron chi connectivity index (χ1n) is 10.3. The fourth-order valence-electron chi connectivity index (χ4n) is 4.31. The molecule has 1 atom stereocenters. The summed E-state index contributed by atoms with van der Waals surface area (Å²) in [4.78, 5) is 2.27. The van der Waals surface area contributed by atoms with Crippen molar-refractivity contribution >= 4 is 0 Å². The monoisotopic (exact) mass is 378 g/mol. The third kappa shape index (κ3) is 4.04. The van der Waals surface area contributed by atoms with Crippen LogP contribution in [0.15, 0.2) is 47.3 Å². The molecule has 0 saturated heterocycles. The van der Waals surface area contributed by atoms with Crippen molar-refractivity contribution in [1.82, 2.24) is 19.8 Å².